The van der Waals surface area contributed by atoms with E-state index in [9.17, 15) is 4.79 Å². The van der Waals surface area contributed by atoms with Crippen molar-refractivity contribution in [3.63, 3.8) is 0 Å². The highest BCUT2D eigenvalue weighted by molar-refractivity contribution is 5.74. The average molecular weight is 266 g/mol. The van der Waals surface area contributed by atoms with Gasteiger partial charge in [-0.15, -0.1) is 0 Å². The molecule has 0 bridgehead atoms. The lowest BCUT2D eigenvalue weighted by Gasteiger charge is -2.22. The van der Waals surface area contributed by atoms with Gasteiger partial charge in [-0.2, -0.15) is 0 Å². The third-order valence-corrected chi connectivity index (χ3v) is 3.30. The van der Waals surface area contributed by atoms with E-state index in [4.69, 9.17) is 4.74 Å². The van der Waals surface area contributed by atoms with E-state index < -0.39 is 0 Å². The molecule has 0 radical (unpaired) electrons. The standard InChI is InChI=1S/C13H22N4O2/c1-10(8-17-6-5-14-9-17)15-13(18)16-11(2)12-4-3-7-19-12/h5-6,9-12H,3-4,7-8H2,1-2H3,(H2,15,16,18)/t10-,11+,12-/m1/s1. The predicted octanol–water partition coefficient (Wildman–Crippen LogP) is 1.14. The molecule has 2 N–H and O–H groups in total. The summed E-state index contributed by atoms with van der Waals surface area (Å²) >= 11 is 0. The molecule has 1 saturated heterocycles. The Bertz CT molecular complexity index is 387. The third kappa shape index (κ3) is 4.24. The van der Waals surface area contributed by atoms with Crippen LogP contribution in [0.15, 0.2) is 18.7 Å². The third-order valence-electron chi connectivity index (χ3n) is 3.30. The highest BCUT2D eigenvalue weighted by atomic mass is 16.5. The number of nitrogens with zero attached hydrogens (tertiary/aromatic N) is 2. The van der Waals surface area contributed by atoms with Gasteiger partial charge in [0, 0.05) is 31.6 Å². The number of hydrogen-bond acceptors (Lipinski definition) is 3. The lowest BCUT2D eigenvalue weighted by molar-refractivity contribution is 0.0858. The highest BCUT2D eigenvalue weighted by Gasteiger charge is 2.23. The molecule has 0 spiro atoms. The van der Waals surface area contributed by atoms with Gasteiger partial charge in [0.05, 0.1) is 18.5 Å². The van der Waals surface area contributed by atoms with Crippen molar-refractivity contribution >= 4 is 6.03 Å². The van der Waals surface area contributed by atoms with E-state index in [-0.39, 0.29) is 24.2 Å². The molecule has 2 amide bonds. The highest BCUT2D eigenvalue weighted by Crippen LogP contribution is 2.15. The number of urea groups is 1. The van der Waals surface area contributed by atoms with Gasteiger partial charge in [0.15, 0.2) is 0 Å². The summed E-state index contributed by atoms with van der Waals surface area (Å²) in [4.78, 5) is 15.8. The van der Waals surface area contributed by atoms with Crippen LogP contribution in [-0.2, 0) is 11.3 Å². The van der Waals surface area contributed by atoms with Gasteiger partial charge in [0.25, 0.3) is 0 Å². The normalized spacial score (nSPS) is 21.9. The summed E-state index contributed by atoms with van der Waals surface area (Å²) < 4.78 is 7.49. The molecule has 2 heterocycles. The van der Waals surface area contributed by atoms with Crippen molar-refractivity contribution in [2.24, 2.45) is 0 Å². The van der Waals surface area contributed by atoms with Gasteiger partial charge in [0.2, 0.25) is 0 Å². The maximum Gasteiger partial charge on any atom is 0.315 e. The molecule has 1 fully saturated rings. The molecular weight excluding hydrogens is 244 g/mol. The van der Waals surface area contributed by atoms with Crippen LogP contribution in [0.3, 0.4) is 0 Å². The molecule has 0 aliphatic carbocycles. The number of nitrogens with one attached hydrogen (secondary N) is 2. The van der Waals surface area contributed by atoms with E-state index >= 15 is 0 Å². The summed E-state index contributed by atoms with van der Waals surface area (Å²) in [5.74, 6) is 0. The number of aromatic nitrogens is 2. The lowest BCUT2D eigenvalue weighted by atomic mass is 10.1. The Hall–Kier alpha value is -1.56. The van der Waals surface area contributed by atoms with Crippen LogP contribution < -0.4 is 10.6 Å². The molecule has 1 aliphatic rings. The van der Waals surface area contributed by atoms with E-state index in [0.29, 0.717) is 6.54 Å². The van der Waals surface area contributed by atoms with Crippen molar-refractivity contribution in [2.75, 3.05) is 6.61 Å². The number of carbonyl (C=O) groups is 1. The molecule has 0 aromatic carbocycles. The van der Waals surface area contributed by atoms with Crippen LogP contribution in [0.25, 0.3) is 0 Å². The Kier molecular flexibility index (Phi) is 4.79. The first kappa shape index (κ1) is 13.9. The van der Waals surface area contributed by atoms with Crippen molar-refractivity contribution in [2.45, 2.75) is 51.4 Å². The summed E-state index contributed by atoms with van der Waals surface area (Å²) in [6.07, 6.45) is 7.60. The minimum atomic E-state index is -0.143. The number of amides is 2. The van der Waals surface area contributed by atoms with Gasteiger partial charge >= 0.3 is 6.03 Å². The van der Waals surface area contributed by atoms with Crippen molar-refractivity contribution in [1.82, 2.24) is 20.2 Å². The molecule has 1 aliphatic heterocycles. The monoisotopic (exact) mass is 266 g/mol. The van der Waals surface area contributed by atoms with E-state index in [0.717, 1.165) is 19.4 Å². The minimum absolute atomic E-state index is 0.0444. The molecular formula is C13H22N4O2. The summed E-state index contributed by atoms with van der Waals surface area (Å²) in [5, 5.41) is 5.85. The fraction of sp³-hybridized carbons (Fsp3) is 0.692. The Balaban J connectivity index is 1.71. The second-order valence-corrected chi connectivity index (χ2v) is 5.12. The van der Waals surface area contributed by atoms with Crippen LogP contribution in [0.4, 0.5) is 4.79 Å². The summed E-state index contributed by atoms with van der Waals surface area (Å²) in [6, 6.07) is -0.0514. The molecule has 6 heteroatoms. The van der Waals surface area contributed by atoms with Crippen molar-refractivity contribution in [3.8, 4) is 0 Å². The van der Waals surface area contributed by atoms with Gasteiger partial charge in [0.1, 0.15) is 0 Å². The minimum Gasteiger partial charge on any atom is -0.376 e. The van der Waals surface area contributed by atoms with Gasteiger partial charge < -0.3 is 19.9 Å². The van der Waals surface area contributed by atoms with Crippen LogP contribution >= 0.6 is 0 Å². The van der Waals surface area contributed by atoms with Gasteiger partial charge in [-0.05, 0) is 26.7 Å². The largest absolute Gasteiger partial charge is 0.376 e. The SMILES string of the molecule is C[C@H](Cn1ccnc1)NC(=O)N[C@@H](C)[C@H]1CCCO1. The van der Waals surface area contributed by atoms with E-state index in [1.54, 1.807) is 12.5 Å². The number of imidazole rings is 1. The summed E-state index contributed by atoms with van der Waals surface area (Å²) in [6.45, 7) is 5.46. The van der Waals surface area contributed by atoms with E-state index in [2.05, 4.69) is 15.6 Å². The van der Waals surface area contributed by atoms with Crippen molar-refractivity contribution in [1.29, 1.82) is 0 Å². The lowest BCUT2D eigenvalue weighted by Crippen LogP contribution is -2.49. The molecule has 6 nitrogen and oxygen atoms in total. The Morgan fingerprint density at radius 1 is 1.53 bits per heavy atom. The molecule has 1 aromatic rings. The fourth-order valence-electron chi connectivity index (χ4n) is 2.32. The maximum absolute atomic E-state index is 11.8. The first-order chi connectivity index (χ1) is 9.15. The topological polar surface area (TPSA) is 68.2 Å². The molecule has 3 atom stereocenters. The fourth-order valence-corrected chi connectivity index (χ4v) is 2.32. The van der Waals surface area contributed by atoms with Crippen LogP contribution in [0, 0.1) is 0 Å². The number of hydrogen-bond donors (Lipinski definition) is 2. The zero-order chi connectivity index (χ0) is 13.7. The Labute approximate surface area is 113 Å². The number of ether oxygens (including phenoxy) is 1. The maximum atomic E-state index is 11.8. The molecule has 0 saturated carbocycles. The molecule has 106 valence electrons. The Morgan fingerprint density at radius 3 is 3.00 bits per heavy atom. The molecule has 0 unspecified atom stereocenters. The predicted molar refractivity (Wildman–Crippen MR) is 71.8 cm³/mol. The number of rotatable bonds is 5. The van der Waals surface area contributed by atoms with Gasteiger partial charge in [-0.3, -0.25) is 0 Å². The molecule has 1 aromatic heterocycles. The molecule has 2 rings (SSSR count). The average Bonchev–Trinajstić information content (AvgIpc) is 3.00. The van der Waals surface area contributed by atoms with E-state index in [1.165, 1.54) is 0 Å². The smallest absolute Gasteiger partial charge is 0.315 e. The second-order valence-electron chi connectivity index (χ2n) is 5.12. The Morgan fingerprint density at radius 2 is 2.37 bits per heavy atom. The van der Waals surface area contributed by atoms with Crippen LogP contribution in [0.5, 0.6) is 0 Å². The van der Waals surface area contributed by atoms with Crippen molar-refractivity contribution in [3.05, 3.63) is 18.7 Å². The zero-order valence-corrected chi connectivity index (χ0v) is 11.5. The summed E-state index contributed by atoms with van der Waals surface area (Å²) in [5.41, 5.74) is 0. The van der Waals surface area contributed by atoms with Gasteiger partial charge in [-0.25, -0.2) is 9.78 Å². The van der Waals surface area contributed by atoms with Gasteiger partial charge in [-0.1, -0.05) is 0 Å². The van der Waals surface area contributed by atoms with Crippen LogP contribution in [0.2, 0.25) is 0 Å². The van der Waals surface area contributed by atoms with Crippen molar-refractivity contribution < 1.29 is 9.53 Å². The first-order valence-corrected chi connectivity index (χ1v) is 6.79. The molecule has 19 heavy (non-hydrogen) atoms. The number of carbonyl (C=O) groups excluding carboxylic acids is 1. The zero-order valence-electron chi connectivity index (χ0n) is 11.5. The van der Waals surface area contributed by atoms with Crippen LogP contribution in [-0.4, -0.2) is 40.4 Å². The van der Waals surface area contributed by atoms with Crippen LogP contribution in [0.1, 0.15) is 26.7 Å². The summed E-state index contributed by atoms with van der Waals surface area (Å²) in [7, 11) is 0. The van der Waals surface area contributed by atoms with E-state index in [1.807, 2.05) is 24.6 Å². The first-order valence-electron chi connectivity index (χ1n) is 6.79. The second kappa shape index (κ2) is 6.56. The quantitative estimate of drug-likeness (QED) is 0.839.